The molecule has 5 N–H and O–H groups in total. The topological polar surface area (TPSA) is 163 Å². The Morgan fingerprint density at radius 3 is 2.29 bits per heavy atom. The van der Waals surface area contributed by atoms with Crippen molar-refractivity contribution in [3.8, 4) is 0 Å². The molecule has 17 heavy (non-hydrogen) atoms. The average molecular weight is 291 g/mol. The van der Waals surface area contributed by atoms with Gasteiger partial charge in [-0.2, -0.15) is 4.31 Å². The molecule has 0 spiro atoms. The first kappa shape index (κ1) is 14.7. The highest BCUT2D eigenvalue weighted by Gasteiger charge is 2.39. The third kappa shape index (κ3) is 5.24. The first-order chi connectivity index (χ1) is 7.59. The highest BCUT2D eigenvalue weighted by atomic mass is 31.3. The van der Waals surface area contributed by atoms with E-state index in [4.69, 9.17) is 19.8 Å². The highest BCUT2D eigenvalue weighted by Crippen LogP contribution is 2.58. The predicted octanol–water partition coefficient (Wildman–Crippen LogP) is -0.972. The molecule has 0 aromatic carbocycles. The first-order valence-corrected chi connectivity index (χ1v) is 7.36. The molecule has 0 amide bonds. The molecule has 100 valence electrons. The van der Waals surface area contributed by atoms with Crippen LogP contribution >= 0.6 is 15.6 Å². The minimum absolute atomic E-state index is 0.0357. The van der Waals surface area contributed by atoms with Gasteiger partial charge in [-0.05, 0) is 0 Å². The van der Waals surface area contributed by atoms with Gasteiger partial charge in [0.2, 0.25) is 0 Å². The number of carboxylic acid groups (broad SMARTS) is 1. The van der Waals surface area contributed by atoms with Gasteiger partial charge in [-0.15, -0.1) is 0 Å². The maximum atomic E-state index is 11.1. The van der Waals surface area contributed by atoms with Gasteiger partial charge in [0.1, 0.15) is 6.04 Å². The molecule has 1 unspecified atom stereocenters. The lowest BCUT2D eigenvalue weighted by atomic mass is 10.2. The fraction of sp³-hybridized carbons (Fsp3) is 0.800. The van der Waals surface area contributed by atoms with Crippen LogP contribution in [-0.2, 0) is 22.8 Å². The number of hydrogen-bond acceptors (Lipinski definition) is 6. The Labute approximate surface area is 95.4 Å². The largest absolute Gasteiger partial charge is 0.481 e. The SMILES string of the molecule is O=C(O)[C@@H]1C[C@@H](OP(=O)(O)OP(=O)(O)O)CN1. The molecule has 10 nitrogen and oxygen atoms in total. The summed E-state index contributed by atoms with van der Waals surface area (Å²) < 4.78 is 29.4. The summed E-state index contributed by atoms with van der Waals surface area (Å²) in [6.07, 6.45) is -1.08. The quantitative estimate of drug-likeness (QED) is 0.398. The van der Waals surface area contributed by atoms with Crippen LogP contribution in [0.4, 0.5) is 0 Å². The predicted molar refractivity (Wildman–Crippen MR) is 51.9 cm³/mol. The molecular formula is C5H11NO9P2. The zero-order chi connectivity index (χ0) is 13.3. The van der Waals surface area contributed by atoms with Crippen LogP contribution in [0, 0.1) is 0 Å². The standard InChI is InChI=1S/C5H11NO9P2/c7-5(8)4-1-3(2-6-4)14-17(12,13)15-16(9,10)11/h3-4,6H,1-2H2,(H,7,8)(H,12,13)(H2,9,10,11)/t3-,4+/m1/s1. The Bertz CT molecular complexity index is 391. The number of phosphoric acid groups is 2. The lowest BCUT2D eigenvalue weighted by Crippen LogP contribution is -2.29. The van der Waals surface area contributed by atoms with Gasteiger partial charge >= 0.3 is 21.6 Å². The summed E-state index contributed by atoms with van der Waals surface area (Å²) in [4.78, 5) is 36.2. The lowest BCUT2D eigenvalue weighted by Gasteiger charge is -2.16. The Morgan fingerprint density at radius 1 is 1.29 bits per heavy atom. The Hall–Kier alpha value is -0.310. The van der Waals surface area contributed by atoms with Crippen molar-refractivity contribution in [1.82, 2.24) is 5.32 Å². The second-order valence-corrected chi connectivity index (χ2v) is 6.09. The van der Waals surface area contributed by atoms with Crippen molar-refractivity contribution in [2.75, 3.05) is 6.54 Å². The fourth-order valence-corrected chi connectivity index (χ4v) is 3.08. The van der Waals surface area contributed by atoms with Gasteiger partial charge in [0.15, 0.2) is 0 Å². The van der Waals surface area contributed by atoms with E-state index in [1.807, 2.05) is 0 Å². The van der Waals surface area contributed by atoms with Crippen LogP contribution in [0.5, 0.6) is 0 Å². The molecule has 1 rings (SSSR count). The molecule has 1 heterocycles. The van der Waals surface area contributed by atoms with Gasteiger partial charge < -0.3 is 25.1 Å². The van der Waals surface area contributed by atoms with Gasteiger partial charge in [-0.3, -0.25) is 9.32 Å². The number of phosphoric ester groups is 1. The Morgan fingerprint density at radius 2 is 1.88 bits per heavy atom. The van der Waals surface area contributed by atoms with E-state index < -0.39 is 33.8 Å². The minimum atomic E-state index is -5.15. The molecule has 0 aliphatic carbocycles. The van der Waals surface area contributed by atoms with E-state index in [1.54, 1.807) is 0 Å². The molecule has 1 saturated heterocycles. The van der Waals surface area contributed by atoms with E-state index in [9.17, 15) is 13.9 Å². The highest BCUT2D eigenvalue weighted by molar-refractivity contribution is 7.60. The van der Waals surface area contributed by atoms with E-state index in [0.29, 0.717) is 0 Å². The summed E-state index contributed by atoms with van der Waals surface area (Å²) in [7, 11) is -10.1. The van der Waals surface area contributed by atoms with Gasteiger partial charge in [-0.25, -0.2) is 9.13 Å². The summed E-state index contributed by atoms with van der Waals surface area (Å²) in [6, 6.07) is -0.935. The van der Waals surface area contributed by atoms with Crippen molar-refractivity contribution in [3.05, 3.63) is 0 Å². The van der Waals surface area contributed by atoms with Crippen molar-refractivity contribution in [2.45, 2.75) is 18.6 Å². The third-order valence-electron chi connectivity index (χ3n) is 1.88. The van der Waals surface area contributed by atoms with Crippen molar-refractivity contribution < 1.29 is 42.5 Å². The second-order valence-electron chi connectivity index (χ2n) is 3.30. The van der Waals surface area contributed by atoms with E-state index in [2.05, 4.69) is 14.2 Å². The van der Waals surface area contributed by atoms with Gasteiger partial charge in [0, 0.05) is 13.0 Å². The maximum Gasteiger partial charge on any atom is 0.481 e. The van der Waals surface area contributed by atoms with Crippen LogP contribution in [0.3, 0.4) is 0 Å². The molecule has 1 aliphatic rings. The first-order valence-electron chi connectivity index (χ1n) is 4.33. The molecule has 1 aliphatic heterocycles. The summed E-state index contributed by atoms with van der Waals surface area (Å²) in [5.41, 5.74) is 0. The molecule has 0 aromatic heterocycles. The number of hydrogen-bond donors (Lipinski definition) is 5. The lowest BCUT2D eigenvalue weighted by molar-refractivity contribution is -0.139. The van der Waals surface area contributed by atoms with Gasteiger partial charge in [-0.1, -0.05) is 0 Å². The molecule has 0 radical (unpaired) electrons. The van der Waals surface area contributed by atoms with E-state index in [1.165, 1.54) is 0 Å². The second kappa shape index (κ2) is 5.13. The maximum absolute atomic E-state index is 11.1. The average Bonchev–Trinajstić information content (AvgIpc) is 2.46. The molecule has 12 heteroatoms. The zero-order valence-electron chi connectivity index (χ0n) is 8.29. The number of rotatable bonds is 5. The number of aliphatic carboxylic acids is 1. The molecule has 0 saturated carbocycles. The number of nitrogens with one attached hydrogen (secondary N) is 1. The zero-order valence-corrected chi connectivity index (χ0v) is 10.1. The van der Waals surface area contributed by atoms with Crippen LogP contribution in [0.2, 0.25) is 0 Å². The Kier molecular flexibility index (Phi) is 4.45. The number of carbonyl (C=O) groups is 1. The van der Waals surface area contributed by atoms with Crippen LogP contribution in [0.1, 0.15) is 6.42 Å². The van der Waals surface area contributed by atoms with Crippen molar-refractivity contribution in [1.29, 1.82) is 0 Å². The van der Waals surface area contributed by atoms with Crippen LogP contribution in [0.15, 0.2) is 0 Å². The normalized spacial score (nSPS) is 28.9. The summed E-state index contributed by atoms with van der Waals surface area (Å²) >= 11 is 0. The fourth-order valence-electron chi connectivity index (χ4n) is 1.31. The molecule has 0 aromatic rings. The molecular weight excluding hydrogens is 280 g/mol. The minimum Gasteiger partial charge on any atom is -0.480 e. The third-order valence-corrected chi connectivity index (χ3v) is 4.12. The summed E-state index contributed by atoms with van der Waals surface area (Å²) in [5.74, 6) is -1.15. The van der Waals surface area contributed by atoms with E-state index in [-0.39, 0.29) is 13.0 Å². The van der Waals surface area contributed by atoms with Gasteiger partial charge in [0.05, 0.1) is 6.10 Å². The van der Waals surface area contributed by atoms with Crippen LogP contribution < -0.4 is 5.32 Å². The molecule has 1 fully saturated rings. The van der Waals surface area contributed by atoms with Crippen LogP contribution in [-0.4, -0.2) is 44.4 Å². The molecule has 0 bridgehead atoms. The molecule has 3 atom stereocenters. The Balaban J connectivity index is 2.53. The summed E-state index contributed by atoms with van der Waals surface area (Å²) in [6.45, 7) is -0.0357. The van der Waals surface area contributed by atoms with Gasteiger partial charge in [0.25, 0.3) is 0 Å². The van der Waals surface area contributed by atoms with E-state index in [0.717, 1.165) is 0 Å². The van der Waals surface area contributed by atoms with E-state index >= 15 is 0 Å². The van der Waals surface area contributed by atoms with Crippen molar-refractivity contribution in [3.63, 3.8) is 0 Å². The van der Waals surface area contributed by atoms with Crippen molar-refractivity contribution in [2.24, 2.45) is 0 Å². The van der Waals surface area contributed by atoms with Crippen LogP contribution in [0.25, 0.3) is 0 Å². The van der Waals surface area contributed by atoms with Crippen molar-refractivity contribution >= 4 is 21.6 Å². The smallest absolute Gasteiger partial charge is 0.480 e. The number of carboxylic acids is 1. The summed E-state index contributed by atoms with van der Waals surface area (Å²) in [5, 5.41) is 11.1. The monoisotopic (exact) mass is 291 g/mol.